The fourth-order valence-electron chi connectivity index (χ4n) is 3.88. The Kier molecular flexibility index (Phi) is 4.23. The standard InChI is InChI=1S/C26H18ClN/c27-22-16-14-21(15-17-22)26-25(20-11-5-2-6-12-20)24(19-9-3-1-4-10-19)23-13-7-8-18-28(23)26/h1-18H. The largest absolute Gasteiger partial charge is 0.315 e. The molecule has 0 N–H and O–H groups in total. The number of hydrogen-bond donors (Lipinski definition) is 0. The van der Waals surface area contributed by atoms with Crippen LogP contribution in [0.15, 0.2) is 109 Å². The number of halogens is 1. The van der Waals surface area contributed by atoms with Gasteiger partial charge in [-0.25, -0.2) is 0 Å². The molecule has 0 radical (unpaired) electrons. The van der Waals surface area contributed by atoms with E-state index in [0.717, 1.165) is 10.6 Å². The molecule has 2 heterocycles. The highest BCUT2D eigenvalue weighted by Gasteiger charge is 2.21. The first-order chi connectivity index (χ1) is 13.8. The Hall–Kier alpha value is -3.29. The summed E-state index contributed by atoms with van der Waals surface area (Å²) in [6.45, 7) is 0. The summed E-state index contributed by atoms with van der Waals surface area (Å²) in [7, 11) is 0. The van der Waals surface area contributed by atoms with Gasteiger partial charge in [-0.15, -0.1) is 0 Å². The number of rotatable bonds is 3. The van der Waals surface area contributed by atoms with E-state index in [1.807, 2.05) is 12.1 Å². The number of nitrogens with zero attached hydrogens (tertiary/aromatic N) is 1. The molecule has 0 fully saturated rings. The zero-order chi connectivity index (χ0) is 18.9. The molecule has 0 saturated heterocycles. The van der Waals surface area contributed by atoms with E-state index in [2.05, 4.69) is 102 Å². The lowest BCUT2D eigenvalue weighted by molar-refractivity contribution is 1.20. The van der Waals surface area contributed by atoms with Crippen LogP contribution in [-0.4, -0.2) is 4.40 Å². The van der Waals surface area contributed by atoms with Crippen molar-refractivity contribution in [3.63, 3.8) is 0 Å². The third-order valence-electron chi connectivity index (χ3n) is 5.09. The molecule has 0 unspecified atom stereocenters. The quantitative estimate of drug-likeness (QED) is 0.304. The van der Waals surface area contributed by atoms with Crippen molar-refractivity contribution in [3.05, 3.63) is 114 Å². The van der Waals surface area contributed by atoms with Gasteiger partial charge in [0.25, 0.3) is 0 Å². The third-order valence-corrected chi connectivity index (χ3v) is 5.34. The molecule has 3 aromatic carbocycles. The van der Waals surface area contributed by atoms with Gasteiger partial charge in [0, 0.05) is 22.3 Å². The van der Waals surface area contributed by atoms with Crippen molar-refractivity contribution in [2.75, 3.05) is 0 Å². The molecule has 0 saturated carbocycles. The summed E-state index contributed by atoms with van der Waals surface area (Å²) in [5.74, 6) is 0. The predicted octanol–water partition coefficient (Wildman–Crippen LogP) is 7.59. The third kappa shape index (κ3) is 2.81. The van der Waals surface area contributed by atoms with Gasteiger partial charge < -0.3 is 4.40 Å². The van der Waals surface area contributed by atoms with Crippen LogP contribution < -0.4 is 0 Å². The summed E-state index contributed by atoms with van der Waals surface area (Å²) in [6, 6.07) is 35.7. The van der Waals surface area contributed by atoms with Crippen molar-refractivity contribution in [3.8, 4) is 33.5 Å². The Bertz CT molecular complexity index is 1240. The second kappa shape index (κ2) is 7.03. The average Bonchev–Trinajstić information content (AvgIpc) is 3.11. The molecule has 5 aromatic rings. The lowest BCUT2D eigenvalue weighted by Gasteiger charge is -2.10. The van der Waals surface area contributed by atoms with E-state index in [0.29, 0.717) is 0 Å². The zero-order valence-corrected chi connectivity index (χ0v) is 16.0. The van der Waals surface area contributed by atoms with E-state index in [-0.39, 0.29) is 0 Å². The smallest absolute Gasteiger partial charge is 0.0613 e. The Balaban J connectivity index is 1.95. The van der Waals surface area contributed by atoms with Crippen LogP contribution in [-0.2, 0) is 0 Å². The van der Waals surface area contributed by atoms with Crippen LogP contribution in [0.3, 0.4) is 0 Å². The van der Waals surface area contributed by atoms with Crippen molar-refractivity contribution in [2.24, 2.45) is 0 Å². The van der Waals surface area contributed by atoms with Gasteiger partial charge in [0.05, 0.1) is 11.2 Å². The van der Waals surface area contributed by atoms with Crippen LogP contribution in [0.25, 0.3) is 39.0 Å². The van der Waals surface area contributed by atoms with Crippen molar-refractivity contribution in [2.45, 2.75) is 0 Å². The molecule has 134 valence electrons. The van der Waals surface area contributed by atoms with E-state index in [1.165, 1.54) is 33.5 Å². The van der Waals surface area contributed by atoms with Crippen LogP contribution >= 0.6 is 11.6 Å². The van der Waals surface area contributed by atoms with Crippen LogP contribution in [0.2, 0.25) is 5.02 Å². The Morgan fingerprint density at radius 1 is 0.500 bits per heavy atom. The summed E-state index contributed by atoms with van der Waals surface area (Å²) in [5.41, 5.74) is 8.42. The minimum atomic E-state index is 0.745. The molecule has 2 heteroatoms. The molecule has 1 nitrogen and oxygen atoms in total. The Labute approximate surface area is 169 Å². The second-order valence-corrected chi connectivity index (χ2v) is 7.23. The second-order valence-electron chi connectivity index (χ2n) is 6.79. The van der Waals surface area contributed by atoms with E-state index < -0.39 is 0 Å². The van der Waals surface area contributed by atoms with E-state index in [1.54, 1.807) is 0 Å². The van der Waals surface area contributed by atoms with Crippen LogP contribution in [0.4, 0.5) is 0 Å². The number of fused-ring (bicyclic) bond motifs is 1. The van der Waals surface area contributed by atoms with E-state index in [4.69, 9.17) is 11.6 Å². The molecule has 28 heavy (non-hydrogen) atoms. The number of aromatic nitrogens is 1. The first kappa shape index (κ1) is 16.9. The maximum Gasteiger partial charge on any atom is 0.0613 e. The predicted molar refractivity (Wildman–Crippen MR) is 119 cm³/mol. The molecule has 0 amide bonds. The zero-order valence-electron chi connectivity index (χ0n) is 15.2. The van der Waals surface area contributed by atoms with Gasteiger partial charge in [-0.05, 0) is 41.0 Å². The van der Waals surface area contributed by atoms with Gasteiger partial charge in [0.15, 0.2) is 0 Å². The summed E-state index contributed by atoms with van der Waals surface area (Å²) in [4.78, 5) is 0. The minimum absolute atomic E-state index is 0.745. The summed E-state index contributed by atoms with van der Waals surface area (Å²) in [5, 5.41) is 0.745. The molecular weight excluding hydrogens is 362 g/mol. The number of hydrogen-bond acceptors (Lipinski definition) is 0. The summed E-state index contributed by atoms with van der Waals surface area (Å²) < 4.78 is 2.29. The van der Waals surface area contributed by atoms with Crippen LogP contribution in [0, 0.1) is 0 Å². The van der Waals surface area contributed by atoms with Gasteiger partial charge >= 0.3 is 0 Å². The molecule has 0 spiro atoms. The SMILES string of the molecule is Clc1ccc(-c2c(-c3ccccc3)c(-c3ccccc3)c3ccccn23)cc1. The maximum atomic E-state index is 6.17. The molecule has 0 aliphatic rings. The van der Waals surface area contributed by atoms with Crippen LogP contribution in [0.1, 0.15) is 0 Å². The highest BCUT2D eigenvalue weighted by molar-refractivity contribution is 6.30. The van der Waals surface area contributed by atoms with Crippen molar-refractivity contribution >= 4 is 17.1 Å². The van der Waals surface area contributed by atoms with E-state index in [9.17, 15) is 0 Å². The monoisotopic (exact) mass is 379 g/mol. The molecule has 5 rings (SSSR count). The fraction of sp³-hybridized carbons (Fsp3) is 0. The van der Waals surface area contributed by atoms with Crippen molar-refractivity contribution < 1.29 is 0 Å². The van der Waals surface area contributed by atoms with Gasteiger partial charge in [-0.2, -0.15) is 0 Å². The average molecular weight is 380 g/mol. The number of pyridine rings is 1. The highest BCUT2D eigenvalue weighted by Crippen LogP contribution is 2.44. The summed E-state index contributed by atoms with van der Waals surface area (Å²) in [6.07, 6.45) is 2.14. The van der Waals surface area contributed by atoms with Gasteiger partial charge in [-0.1, -0.05) is 90.5 Å². The minimum Gasteiger partial charge on any atom is -0.315 e. The Morgan fingerprint density at radius 2 is 1.07 bits per heavy atom. The van der Waals surface area contributed by atoms with Gasteiger partial charge in [-0.3, -0.25) is 0 Å². The highest BCUT2D eigenvalue weighted by atomic mass is 35.5. The molecule has 0 aliphatic heterocycles. The molecule has 0 aliphatic carbocycles. The topological polar surface area (TPSA) is 4.41 Å². The van der Waals surface area contributed by atoms with Gasteiger partial charge in [0.2, 0.25) is 0 Å². The maximum absolute atomic E-state index is 6.17. The van der Waals surface area contributed by atoms with Gasteiger partial charge in [0.1, 0.15) is 0 Å². The molecular formula is C26H18ClN. The number of benzene rings is 3. The summed E-state index contributed by atoms with van der Waals surface area (Å²) >= 11 is 6.17. The fourth-order valence-corrected chi connectivity index (χ4v) is 4.01. The first-order valence-electron chi connectivity index (χ1n) is 9.33. The molecule has 0 atom stereocenters. The molecule has 0 bridgehead atoms. The van der Waals surface area contributed by atoms with Crippen LogP contribution in [0.5, 0.6) is 0 Å². The van der Waals surface area contributed by atoms with Crippen molar-refractivity contribution in [1.29, 1.82) is 0 Å². The molecule has 2 aromatic heterocycles. The Morgan fingerprint density at radius 3 is 1.71 bits per heavy atom. The normalized spacial score (nSPS) is 11.0. The lowest BCUT2D eigenvalue weighted by Crippen LogP contribution is -1.89. The van der Waals surface area contributed by atoms with E-state index >= 15 is 0 Å². The first-order valence-corrected chi connectivity index (χ1v) is 9.70. The lowest BCUT2D eigenvalue weighted by atomic mass is 9.93. The van der Waals surface area contributed by atoms with Crippen molar-refractivity contribution in [1.82, 2.24) is 4.40 Å².